The first-order valence-electron chi connectivity index (χ1n) is 3.69. The summed E-state index contributed by atoms with van der Waals surface area (Å²) in [5.41, 5.74) is 5.21. The van der Waals surface area contributed by atoms with E-state index in [4.69, 9.17) is 5.73 Å². The molecule has 3 N–H and O–H groups in total. The molecule has 4 nitrogen and oxygen atoms in total. The number of amides is 1. The molecule has 0 saturated heterocycles. The van der Waals surface area contributed by atoms with Gasteiger partial charge in [-0.2, -0.15) is 0 Å². The van der Waals surface area contributed by atoms with E-state index in [0.717, 1.165) is 0 Å². The van der Waals surface area contributed by atoms with Crippen LogP contribution in [0.2, 0.25) is 0 Å². The summed E-state index contributed by atoms with van der Waals surface area (Å²) in [7, 11) is 0. The third-order valence-corrected chi connectivity index (χ3v) is 1.31. The first kappa shape index (κ1) is 10.1. The average molecular weight is 158 g/mol. The topological polar surface area (TPSA) is 72.2 Å². The second-order valence-electron chi connectivity index (χ2n) is 2.24. The molecule has 0 aromatic carbocycles. The SMILES string of the molecule is CCC(=O)NC(C=O)CCN. The van der Waals surface area contributed by atoms with Crippen LogP contribution in [-0.4, -0.2) is 24.8 Å². The number of carbonyl (C=O) groups is 2. The fourth-order valence-electron chi connectivity index (χ4n) is 0.663. The van der Waals surface area contributed by atoms with Gasteiger partial charge in [0.1, 0.15) is 6.29 Å². The first-order chi connectivity index (χ1) is 5.24. The van der Waals surface area contributed by atoms with Crippen LogP contribution in [0.1, 0.15) is 19.8 Å². The predicted molar refractivity (Wildman–Crippen MR) is 42.0 cm³/mol. The molecule has 0 spiro atoms. The van der Waals surface area contributed by atoms with Crippen LogP contribution in [0.4, 0.5) is 0 Å². The van der Waals surface area contributed by atoms with Crippen LogP contribution in [0.15, 0.2) is 0 Å². The molecular weight excluding hydrogens is 144 g/mol. The van der Waals surface area contributed by atoms with Crippen molar-refractivity contribution in [1.29, 1.82) is 0 Å². The third kappa shape index (κ3) is 4.50. The first-order valence-corrected chi connectivity index (χ1v) is 3.69. The normalized spacial score (nSPS) is 12.2. The van der Waals surface area contributed by atoms with E-state index in [1.54, 1.807) is 6.92 Å². The van der Waals surface area contributed by atoms with Gasteiger partial charge in [-0.3, -0.25) is 4.79 Å². The van der Waals surface area contributed by atoms with Crippen LogP contribution in [0.25, 0.3) is 0 Å². The number of nitrogens with one attached hydrogen (secondary N) is 1. The van der Waals surface area contributed by atoms with Crippen LogP contribution in [0.5, 0.6) is 0 Å². The summed E-state index contributed by atoms with van der Waals surface area (Å²) in [6, 6.07) is -0.410. The highest BCUT2D eigenvalue weighted by atomic mass is 16.2. The molecule has 1 atom stereocenters. The zero-order chi connectivity index (χ0) is 8.69. The largest absolute Gasteiger partial charge is 0.347 e. The molecular formula is C7H14N2O2. The molecule has 0 aliphatic carbocycles. The Balaban J connectivity index is 3.67. The number of nitrogens with two attached hydrogens (primary N) is 1. The molecule has 0 fully saturated rings. The van der Waals surface area contributed by atoms with Crippen LogP contribution >= 0.6 is 0 Å². The second-order valence-corrected chi connectivity index (χ2v) is 2.24. The van der Waals surface area contributed by atoms with Crippen LogP contribution in [-0.2, 0) is 9.59 Å². The summed E-state index contributed by atoms with van der Waals surface area (Å²) >= 11 is 0. The Bertz CT molecular complexity index is 136. The van der Waals surface area contributed by atoms with Gasteiger partial charge in [0.15, 0.2) is 0 Å². The van der Waals surface area contributed by atoms with Crippen molar-refractivity contribution >= 4 is 12.2 Å². The minimum Gasteiger partial charge on any atom is -0.347 e. The molecule has 0 rings (SSSR count). The van der Waals surface area contributed by atoms with Crippen molar-refractivity contribution < 1.29 is 9.59 Å². The van der Waals surface area contributed by atoms with Crippen molar-refractivity contribution in [2.45, 2.75) is 25.8 Å². The molecule has 11 heavy (non-hydrogen) atoms. The van der Waals surface area contributed by atoms with Crippen molar-refractivity contribution in [2.24, 2.45) is 5.73 Å². The van der Waals surface area contributed by atoms with Crippen LogP contribution in [0, 0.1) is 0 Å². The summed E-state index contributed by atoms with van der Waals surface area (Å²) in [5, 5.41) is 2.53. The maximum atomic E-state index is 10.7. The molecule has 64 valence electrons. The smallest absolute Gasteiger partial charge is 0.220 e. The second kappa shape index (κ2) is 5.85. The van der Waals surface area contributed by atoms with E-state index in [2.05, 4.69) is 5.32 Å². The Hall–Kier alpha value is -0.900. The van der Waals surface area contributed by atoms with Crippen LogP contribution < -0.4 is 11.1 Å². The monoisotopic (exact) mass is 158 g/mol. The Morgan fingerprint density at radius 2 is 2.36 bits per heavy atom. The van der Waals surface area contributed by atoms with E-state index < -0.39 is 6.04 Å². The number of hydrogen-bond acceptors (Lipinski definition) is 3. The molecule has 0 aromatic heterocycles. The van der Waals surface area contributed by atoms with Crippen molar-refractivity contribution in [3.05, 3.63) is 0 Å². The highest BCUT2D eigenvalue weighted by molar-refractivity contribution is 5.79. The maximum Gasteiger partial charge on any atom is 0.220 e. The number of rotatable bonds is 5. The van der Waals surface area contributed by atoms with E-state index in [1.165, 1.54) is 0 Å². The zero-order valence-corrected chi connectivity index (χ0v) is 6.67. The number of hydrogen-bond donors (Lipinski definition) is 2. The Morgan fingerprint density at radius 1 is 1.73 bits per heavy atom. The summed E-state index contributed by atoms with van der Waals surface area (Å²) < 4.78 is 0. The Morgan fingerprint density at radius 3 is 2.73 bits per heavy atom. The van der Waals surface area contributed by atoms with Crippen molar-refractivity contribution in [2.75, 3.05) is 6.54 Å². The minimum absolute atomic E-state index is 0.115. The molecule has 1 amide bonds. The molecule has 0 aromatic rings. The van der Waals surface area contributed by atoms with Crippen molar-refractivity contribution in [1.82, 2.24) is 5.32 Å². The van der Waals surface area contributed by atoms with Gasteiger partial charge in [-0.25, -0.2) is 0 Å². The average Bonchev–Trinajstić information content (AvgIpc) is 2.03. The fraction of sp³-hybridized carbons (Fsp3) is 0.714. The van der Waals surface area contributed by atoms with Gasteiger partial charge in [0.05, 0.1) is 6.04 Å². The lowest BCUT2D eigenvalue weighted by Crippen LogP contribution is -2.36. The molecule has 0 aliphatic rings. The molecule has 0 saturated carbocycles. The summed E-state index contributed by atoms with van der Waals surface area (Å²) in [4.78, 5) is 21.0. The maximum absolute atomic E-state index is 10.7. The lowest BCUT2D eigenvalue weighted by Gasteiger charge is -2.09. The predicted octanol–water partition coefficient (Wildman–Crippen LogP) is -0.571. The lowest BCUT2D eigenvalue weighted by molar-refractivity contribution is -0.123. The van der Waals surface area contributed by atoms with Gasteiger partial charge in [0.25, 0.3) is 0 Å². The fourth-order valence-corrected chi connectivity index (χ4v) is 0.663. The standard InChI is InChI=1S/C7H14N2O2/c1-2-7(11)9-6(5-10)3-4-8/h5-6H,2-4,8H2,1H3,(H,9,11). The van der Waals surface area contributed by atoms with Gasteiger partial charge in [-0.15, -0.1) is 0 Å². The number of carbonyl (C=O) groups excluding carboxylic acids is 2. The molecule has 0 radical (unpaired) electrons. The summed E-state index contributed by atoms with van der Waals surface area (Å²) in [6.07, 6.45) is 1.62. The van der Waals surface area contributed by atoms with Gasteiger partial charge >= 0.3 is 0 Å². The summed E-state index contributed by atoms with van der Waals surface area (Å²) in [5.74, 6) is -0.115. The Kier molecular flexibility index (Phi) is 5.37. The third-order valence-electron chi connectivity index (χ3n) is 1.31. The molecule has 0 bridgehead atoms. The Labute approximate surface area is 66.1 Å². The van der Waals surface area contributed by atoms with Gasteiger partial charge in [0, 0.05) is 6.42 Å². The van der Waals surface area contributed by atoms with E-state index >= 15 is 0 Å². The van der Waals surface area contributed by atoms with Gasteiger partial charge < -0.3 is 15.8 Å². The highest BCUT2D eigenvalue weighted by Crippen LogP contribution is 1.86. The quantitative estimate of drug-likeness (QED) is 0.526. The van der Waals surface area contributed by atoms with E-state index in [1.807, 2.05) is 0 Å². The van der Waals surface area contributed by atoms with Crippen molar-refractivity contribution in [3.8, 4) is 0 Å². The molecule has 4 heteroatoms. The van der Waals surface area contributed by atoms with E-state index in [9.17, 15) is 9.59 Å². The van der Waals surface area contributed by atoms with Crippen molar-refractivity contribution in [3.63, 3.8) is 0 Å². The molecule has 0 aliphatic heterocycles. The van der Waals surface area contributed by atoms with Crippen LogP contribution in [0.3, 0.4) is 0 Å². The van der Waals surface area contributed by atoms with E-state index in [-0.39, 0.29) is 5.91 Å². The lowest BCUT2D eigenvalue weighted by atomic mass is 10.2. The van der Waals surface area contributed by atoms with Gasteiger partial charge in [-0.05, 0) is 13.0 Å². The van der Waals surface area contributed by atoms with Gasteiger partial charge in [0.2, 0.25) is 5.91 Å². The number of aldehydes is 1. The zero-order valence-electron chi connectivity index (χ0n) is 6.67. The molecule has 1 unspecified atom stereocenters. The van der Waals surface area contributed by atoms with Gasteiger partial charge in [-0.1, -0.05) is 6.92 Å². The van der Waals surface area contributed by atoms with E-state index in [0.29, 0.717) is 25.7 Å². The summed E-state index contributed by atoms with van der Waals surface area (Å²) in [6.45, 7) is 2.15. The highest BCUT2D eigenvalue weighted by Gasteiger charge is 2.07. The minimum atomic E-state index is -0.410. The molecule has 0 heterocycles.